The third kappa shape index (κ3) is 5.22. The predicted octanol–water partition coefficient (Wildman–Crippen LogP) is 2.65. The van der Waals surface area contributed by atoms with Gasteiger partial charge in [0.2, 0.25) is 0 Å². The molecule has 0 amide bonds. The van der Waals surface area contributed by atoms with Crippen LogP contribution in [0.1, 0.15) is 31.1 Å². The molecule has 0 saturated heterocycles. The van der Waals surface area contributed by atoms with E-state index in [-0.39, 0.29) is 0 Å². The molecule has 0 spiro atoms. The van der Waals surface area contributed by atoms with Gasteiger partial charge in [-0.2, -0.15) is 0 Å². The maximum atomic E-state index is 9.83. The van der Waals surface area contributed by atoms with E-state index in [0.717, 1.165) is 18.4 Å². The molecule has 2 N–H and O–H groups in total. The van der Waals surface area contributed by atoms with Gasteiger partial charge in [-0.3, -0.25) is 0 Å². The minimum absolute atomic E-state index is 0.406. The van der Waals surface area contributed by atoms with Crippen molar-refractivity contribution in [2.75, 3.05) is 19.7 Å². The lowest BCUT2D eigenvalue weighted by molar-refractivity contribution is 0.0293. The molecule has 3 atom stereocenters. The molecule has 2 rings (SSSR count). The normalized spacial score (nSPS) is 24.7. The molecule has 4 heteroatoms. The summed E-state index contributed by atoms with van der Waals surface area (Å²) in [7, 11) is 0. The van der Waals surface area contributed by atoms with Crippen LogP contribution in [0.5, 0.6) is 0 Å². The molecule has 1 saturated carbocycles. The molecule has 1 aromatic heterocycles. The highest BCUT2D eigenvalue weighted by Crippen LogP contribution is 2.30. The molecule has 1 heterocycles. The highest BCUT2D eigenvalue weighted by molar-refractivity contribution is 7.09. The molecule has 1 aliphatic rings. The van der Waals surface area contributed by atoms with Crippen molar-refractivity contribution >= 4 is 11.3 Å². The summed E-state index contributed by atoms with van der Waals surface area (Å²) in [6.45, 7) is 5.01. The standard InChI is InChI=1S/C15H25NO2S/c1-12-4-2-5-13(12)8-16-9-14(17)10-18-11-15-6-3-7-19-15/h3,6-7,12-14,16-17H,2,4-5,8-11H2,1H3. The SMILES string of the molecule is CC1CCCC1CNCC(O)COCc1cccs1. The van der Waals surface area contributed by atoms with Crippen LogP contribution < -0.4 is 5.32 Å². The number of aliphatic hydroxyl groups excluding tert-OH is 1. The monoisotopic (exact) mass is 283 g/mol. The molecule has 1 aromatic rings. The van der Waals surface area contributed by atoms with E-state index in [1.54, 1.807) is 11.3 Å². The molecule has 1 aliphatic carbocycles. The minimum atomic E-state index is -0.406. The summed E-state index contributed by atoms with van der Waals surface area (Å²) in [5, 5.41) is 15.2. The summed E-state index contributed by atoms with van der Waals surface area (Å²) in [6, 6.07) is 4.07. The van der Waals surface area contributed by atoms with Crippen molar-refractivity contribution in [3.8, 4) is 0 Å². The van der Waals surface area contributed by atoms with Gasteiger partial charge < -0.3 is 15.2 Å². The fourth-order valence-electron chi connectivity index (χ4n) is 2.71. The summed E-state index contributed by atoms with van der Waals surface area (Å²) in [5.41, 5.74) is 0. The second-order valence-corrected chi connectivity index (χ2v) is 6.61. The van der Waals surface area contributed by atoms with Gasteiger partial charge in [-0.15, -0.1) is 11.3 Å². The fraction of sp³-hybridized carbons (Fsp3) is 0.733. The van der Waals surface area contributed by atoms with Gasteiger partial charge in [0.15, 0.2) is 0 Å². The van der Waals surface area contributed by atoms with Crippen LogP contribution in [0.15, 0.2) is 17.5 Å². The van der Waals surface area contributed by atoms with Crippen molar-refractivity contribution in [2.45, 2.75) is 38.9 Å². The molecule has 0 radical (unpaired) electrons. The van der Waals surface area contributed by atoms with E-state index in [2.05, 4.69) is 18.3 Å². The minimum Gasteiger partial charge on any atom is -0.389 e. The number of thiophene rings is 1. The van der Waals surface area contributed by atoms with E-state index >= 15 is 0 Å². The number of aliphatic hydroxyl groups is 1. The van der Waals surface area contributed by atoms with E-state index in [1.165, 1.54) is 24.1 Å². The van der Waals surface area contributed by atoms with Gasteiger partial charge in [0.1, 0.15) is 0 Å². The molecule has 1 fully saturated rings. The van der Waals surface area contributed by atoms with Crippen molar-refractivity contribution in [3.05, 3.63) is 22.4 Å². The Bertz CT molecular complexity index is 342. The highest BCUT2D eigenvalue weighted by Gasteiger charge is 2.22. The number of hydrogen-bond donors (Lipinski definition) is 2. The zero-order chi connectivity index (χ0) is 13.5. The Labute approximate surface area is 120 Å². The molecule has 3 nitrogen and oxygen atoms in total. The van der Waals surface area contributed by atoms with E-state index in [4.69, 9.17) is 4.74 Å². The summed E-state index contributed by atoms with van der Waals surface area (Å²) < 4.78 is 5.50. The van der Waals surface area contributed by atoms with E-state index in [9.17, 15) is 5.11 Å². The van der Waals surface area contributed by atoms with Crippen LogP contribution in [0.2, 0.25) is 0 Å². The van der Waals surface area contributed by atoms with Crippen molar-refractivity contribution in [3.63, 3.8) is 0 Å². The third-order valence-electron chi connectivity index (χ3n) is 3.96. The molecular formula is C15H25NO2S. The second-order valence-electron chi connectivity index (χ2n) is 5.57. The molecule has 0 aromatic carbocycles. The molecule has 108 valence electrons. The van der Waals surface area contributed by atoms with Gasteiger partial charge >= 0.3 is 0 Å². The molecule has 0 aliphatic heterocycles. The highest BCUT2D eigenvalue weighted by atomic mass is 32.1. The smallest absolute Gasteiger partial charge is 0.0897 e. The van der Waals surface area contributed by atoms with Crippen molar-refractivity contribution in [1.82, 2.24) is 5.32 Å². The molecular weight excluding hydrogens is 258 g/mol. The Morgan fingerprint density at radius 2 is 2.42 bits per heavy atom. The maximum absolute atomic E-state index is 9.83. The summed E-state index contributed by atoms with van der Waals surface area (Å²) in [4.78, 5) is 1.21. The summed E-state index contributed by atoms with van der Waals surface area (Å²) >= 11 is 1.69. The number of ether oxygens (including phenoxy) is 1. The predicted molar refractivity (Wildman–Crippen MR) is 79.4 cm³/mol. The van der Waals surface area contributed by atoms with Crippen LogP contribution in [0.4, 0.5) is 0 Å². The first-order valence-electron chi connectivity index (χ1n) is 7.24. The maximum Gasteiger partial charge on any atom is 0.0897 e. The van der Waals surface area contributed by atoms with Crippen molar-refractivity contribution in [1.29, 1.82) is 0 Å². The second kappa shape index (κ2) is 8.00. The lowest BCUT2D eigenvalue weighted by Gasteiger charge is -2.18. The Kier molecular flexibility index (Phi) is 6.31. The Morgan fingerprint density at radius 3 is 3.11 bits per heavy atom. The Balaban J connectivity index is 1.51. The number of nitrogens with one attached hydrogen (secondary N) is 1. The van der Waals surface area contributed by atoms with Crippen LogP contribution in [0, 0.1) is 11.8 Å². The quantitative estimate of drug-likeness (QED) is 0.770. The van der Waals surface area contributed by atoms with Gasteiger partial charge in [0.05, 0.1) is 19.3 Å². The van der Waals surface area contributed by atoms with Gasteiger partial charge in [0.25, 0.3) is 0 Å². The van der Waals surface area contributed by atoms with Crippen LogP contribution in [-0.4, -0.2) is 30.9 Å². The zero-order valence-corrected chi connectivity index (χ0v) is 12.5. The first-order chi connectivity index (χ1) is 9.25. The van der Waals surface area contributed by atoms with Crippen LogP contribution >= 0.6 is 11.3 Å². The topological polar surface area (TPSA) is 41.5 Å². The van der Waals surface area contributed by atoms with Crippen molar-refractivity contribution < 1.29 is 9.84 Å². The first-order valence-corrected chi connectivity index (χ1v) is 8.12. The molecule has 3 unspecified atom stereocenters. The number of rotatable bonds is 8. The van der Waals surface area contributed by atoms with Crippen LogP contribution in [0.3, 0.4) is 0 Å². The van der Waals surface area contributed by atoms with Gasteiger partial charge in [-0.1, -0.05) is 25.8 Å². The fourth-order valence-corrected chi connectivity index (χ4v) is 3.35. The lowest BCUT2D eigenvalue weighted by Crippen LogP contribution is -2.34. The van der Waals surface area contributed by atoms with Gasteiger partial charge in [0, 0.05) is 11.4 Å². The summed E-state index contributed by atoms with van der Waals surface area (Å²) in [5.74, 6) is 1.62. The Hall–Kier alpha value is -0.420. The average Bonchev–Trinajstić information content (AvgIpc) is 3.02. The number of hydrogen-bond acceptors (Lipinski definition) is 4. The summed E-state index contributed by atoms with van der Waals surface area (Å²) in [6.07, 6.45) is 3.65. The van der Waals surface area contributed by atoms with Gasteiger partial charge in [-0.05, 0) is 36.2 Å². The van der Waals surface area contributed by atoms with E-state index in [0.29, 0.717) is 19.8 Å². The van der Waals surface area contributed by atoms with E-state index in [1.807, 2.05) is 11.4 Å². The van der Waals surface area contributed by atoms with Crippen molar-refractivity contribution in [2.24, 2.45) is 11.8 Å². The zero-order valence-electron chi connectivity index (χ0n) is 11.7. The first kappa shape index (κ1) is 15.0. The molecule has 0 bridgehead atoms. The largest absolute Gasteiger partial charge is 0.389 e. The van der Waals surface area contributed by atoms with Crippen LogP contribution in [-0.2, 0) is 11.3 Å². The van der Waals surface area contributed by atoms with E-state index < -0.39 is 6.10 Å². The Morgan fingerprint density at radius 1 is 1.53 bits per heavy atom. The third-order valence-corrected chi connectivity index (χ3v) is 4.81. The average molecular weight is 283 g/mol. The van der Waals surface area contributed by atoms with Gasteiger partial charge in [-0.25, -0.2) is 0 Å². The molecule has 19 heavy (non-hydrogen) atoms. The van der Waals surface area contributed by atoms with Crippen LogP contribution in [0.25, 0.3) is 0 Å². The lowest BCUT2D eigenvalue weighted by atomic mass is 9.98.